The highest BCUT2D eigenvalue weighted by atomic mass is 35.5. The highest BCUT2D eigenvalue weighted by Gasteiger charge is 2.16. The van der Waals surface area contributed by atoms with Crippen molar-refractivity contribution in [3.8, 4) is 0 Å². The van der Waals surface area contributed by atoms with E-state index in [9.17, 15) is 21.6 Å². The zero-order valence-corrected chi connectivity index (χ0v) is 22.5. The van der Waals surface area contributed by atoms with Crippen LogP contribution >= 0.6 is 22.9 Å². The van der Waals surface area contributed by atoms with Crippen LogP contribution in [0, 0.1) is 0 Å². The van der Waals surface area contributed by atoms with Gasteiger partial charge in [-0.2, -0.15) is 4.99 Å². The van der Waals surface area contributed by atoms with Crippen LogP contribution < -0.4 is 14.7 Å². The van der Waals surface area contributed by atoms with Crippen LogP contribution in [0.2, 0.25) is 5.02 Å². The van der Waals surface area contributed by atoms with Crippen molar-refractivity contribution in [2.24, 2.45) is 10.1 Å². The van der Waals surface area contributed by atoms with Gasteiger partial charge < -0.3 is 9.30 Å². The number of carbonyl (C=O) groups is 1. The highest BCUT2D eigenvalue weighted by molar-refractivity contribution is 7.92. The summed E-state index contributed by atoms with van der Waals surface area (Å²) in [5, 5.41) is 5.66. The summed E-state index contributed by atoms with van der Waals surface area (Å²) in [7, 11) is -6.19. The molecule has 0 fully saturated rings. The van der Waals surface area contributed by atoms with E-state index in [-0.39, 0.29) is 21.0 Å². The van der Waals surface area contributed by atoms with E-state index >= 15 is 0 Å². The molecule has 10 nitrogen and oxygen atoms in total. The van der Waals surface area contributed by atoms with Crippen LogP contribution in [0.25, 0.3) is 10.2 Å². The van der Waals surface area contributed by atoms with Crippen LogP contribution in [0.1, 0.15) is 10.4 Å². The molecule has 0 saturated heterocycles. The number of sulfonamides is 2. The van der Waals surface area contributed by atoms with Crippen molar-refractivity contribution in [2.45, 2.75) is 16.3 Å². The number of aromatic nitrogens is 1. The molecule has 1 heterocycles. The first-order chi connectivity index (χ1) is 17.5. The first-order valence-electron chi connectivity index (χ1n) is 10.6. The van der Waals surface area contributed by atoms with Gasteiger partial charge in [0.15, 0.2) is 4.80 Å². The molecule has 0 spiro atoms. The topological polar surface area (TPSA) is 150 Å². The number of thiazole rings is 1. The first kappa shape index (κ1) is 27.0. The fourth-order valence-corrected chi connectivity index (χ4v) is 6.27. The number of rotatable bonds is 8. The molecule has 4 aromatic rings. The van der Waals surface area contributed by atoms with Gasteiger partial charge in [-0.15, -0.1) is 0 Å². The predicted octanol–water partition coefficient (Wildman–Crippen LogP) is 3.19. The van der Waals surface area contributed by atoms with Crippen LogP contribution in [0.4, 0.5) is 5.69 Å². The largest absolute Gasteiger partial charge is 0.383 e. The second kappa shape index (κ2) is 10.7. The third-order valence-corrected chi connectivity index (χ3v) is 8.81. The molecule has 14 heteroatoms. The number of benzene rings is 3. The molecule has 3 N–H and O–H groups in total. The Kier molecular flexibility index (Phi) is 7.83. The number of hydrogen-bond donors (Lipinski definition) is 2. The number of primary sulfonamides is 1. The molecule has 37 heavy (non-hydrogen) atoms. The lowest BCUT2D eigenvalue weighted by Gasteiger charge is -2.08. The first-order valence-corrected chi connectivity index (χ1v) is 14.8. The Morgan fingerprint density at radius 3 is 2.30 bits per heavy atom. The molecule has 0 saturated carbocycles. The van der Waals surface area contributed by atoms with E-state index in [1.165, 1.54) is 60.7 Å². The molecule has 0 bridgehead atoms. The Bertz CT molecular complexity index is 1750. The second-order valence-corrected chi connectivity index (χ2v) is 12.4. The number of nitrogens with two attached hydrogens (primary N) is 1. The van der Waals surface area contributed by atoms with Gasteiger partial charge in [0, 0.05) is 29.9 Å². The number of ether oxygens (including phenoxy) is 1. The van der Waals surface area contributed by atoms with Gasteiger partial charge in [0.25, 0.3) is 15.9 Å². The van der Waals surface area contributed by atoms with Crippen molar-refractivity contribution in [3.05, 3.63) is 82.1 Å². The molecule has 4 rings (SSSR count). The quantitative estimate of drug-likeness (QED) is 0.327. The number of methoxy groups -OCH3 is 1. The minimum absolute atomic E-state index is 0.0445. The number of nitrogens with zero attached hydrogens (tertiary/aromatic N) is 2. The van der Waals surface area contributed by atoms with E-state index in [1.807, 2.05) is 0 Å². The van der Waals surface area contributed by atoms with Gasteiger partial charge >= 0.3 is 0 Å². The fraction of sp³-hybridized carbons (Fsp3) is 0.130. The summed E-state index contributed by atoms with van der Waals surface area (Å²) in [6.45, 7) is 0.718. The molecule has 0 radical (unpaired) electrons. The Labute approximate surface area is 222 Å². The molecule has 0 aliphatic carbocycles. The van der Waals surface area contributed by atoms with E-state index in [0.29, 0.717) is 33.2 Å². The third-order valence-electron chi connectivity index (χ3n) is 5.21. The van der Waals surface area contributed by atoms with Crippen molar-refractivity contribution in [2.75, 3.05) is 18.4 Å². The molecule has 0 unspecified atom stereocenters. The molecule has 1 aromatic heterocycles. The fourth-order valence-electron chi connectivity index (χ4n) is 3.37. The van der Waals surface area contributed by atoms with Gasteiger partial charge in [0.1, 0.15) is 0 Å². The van der Waals surface area contributed by atoms with E-state index in [1.54, 1.807) is 17.7 Å². The summed E-state index contributed by atoms with van der Waals surface area (Å²) in [6, 6.07) is 16.0. The standard InChI is InChI=1S/C23H21ClN4O6S3/c1-34-13-12-28-20-11-10-19(36(25,30)31)14-21(20)35-23(28)26-22(29)15-2-6-17(7-3-15)27-37(32,33)18-8-4-16(24)5-9-18/h2-11,14,27H,12-13H2,1H3,(H2,25,30,31). The van der Waals surface area contributed by atoms with E-state index in [0.717, 1.165) is 11.3 Å². The Morgan fingerprint density at radius 1 is 1.03 bits per heavy atom. The summed E-state index contributed by atoms with van der Waals surface area (Å²) in [6.07, 6.45) is 0. The number of nitrogens with one attached hydrogen (secondary N) is 1. The molecule has 194 valence electrons. The third kappa shape index (κ3) is 6.26. The summed E-state index contributed by atoms with van der Waals surface area (Å²) in [5.74, 6) is -0.559. The summed E-state index contributed by atoms with van der Waals surface area (Å²) in [5.41, 5.74) is 1.17. The van der Waals surface area contributed by atoms with Crippen LogP contribution in [-0.4, -0.2) is 41.0 Å². The average Bonchev–Trinajstić information content (AvgIpc) is 3.18. The van der Waals surface area contributed by atoms with Crippen molar-refractivity contribution in [1.29, 1.82) is 0 Å². The second-order valence-electron chi connectivity index (χ2n) is 7.76. The van der Waals surface area contributed by atoms with Crippen LogP contribution in [0.3, 0.4) is 0 Å². The van der Waals surface area contributed by atoms with Gasteiger partial charge in [-0.3, -0.25) is 9.52 Å². The van der Waals surface area contributed by atoms with Crippen LogP contribution in [-0.2, 0) is 31.3 Å². The van der Waals surface area contributed by atoms with E-state index in [4.69, 9.17) is 21.5 Å². The van der Waals surface area contributed by atoms with Crippen molar-refractivity contribution in [1.82, 2.24) is 4.57 Å². The van der Waals surface area contributed by atoms with Crippen LogP contribution in [0.5, 0.6) is 0 Å². The lowest BCUT2D eigenvalue weighted by atomic mass is 10.2. The smallest absolute Gasteiger partial charge is 0.279 e. The normalized spacial score (nSPS) is 12.7. The predicted molar refractivity (Wildman–Crippen MR) is 142 cm³/mol. The minimum Gasteiger partial charge on any atom is -0.383 e. The van der Waals surface area contributed by atoms with Gasteiger partial charge in [-0.05, 0) is 66.7 Å². The minimum atomic E-state index is -3.90. The molecule has 1 amide bonds. The van der Waals surface area contributed by atoms with Crippen molar-refractivity contribution < 1.29 is 26.4 Å². The number of halogens is 1. The number of fused-ring (bicyclic) bond motifs is 1. The average molecular weight is 581 g/mol. The SMILES string of the molecule is COCCn1c(=NC(=O)c2ccc(NS(=O)(=O)c3ccc(Cl)cc3)cc2)sc2cc(S(N)(=O)=O)ccc21. The summed E-state index contributed by atoms with van der Waals surface area (Å²) in [4.78, 5) is 17.5. The number of amides is 1. The Balaban J connectivity index is 1.63. The molecule has 0 atom stereocenters. The molecular weight excluding hydrogens is 560 g/mol. The number of anilines is 1. The van der Waals surface area contributed by atoms with E-state index < -0.39 is 26.0 Å². The zero-order valence-electron chi connectivity index (χ0n) is 19.3. The van der Waals surface area contributed by atoms with Gasteiger partial charge in [0.05, 0.1) is 26.6 Å². The summed E-state index contributed by atoms with van der Waals surface area (Å²) >= 11 is 6.95. The van der Waals surface area contributed by atoms with Gasteiger partial charge in [-0.1, -0.05) is 22.9 Å². The maximum Gasteiger partial charge on any atom is 0.279 e. The van der Waals surface area contributed by atoms with Crippen molar-refractivity contribution in [3.63, 3.8) is 0 Å². The van der Waals surface area contributed by atoms with E-state index in [2.05, 4.69) is 9.71 Å². The van der Waals surface area contributed by atoms with Crippen molar-refractivity contribution >= 4 is 64.8 Å². The Hall–Kier alpha value is -3.07. The maximum atomic E-state index is 12.9. The monoisotopic (exact) mass is 580 g/mol. The van der Waals surface area contributed by atoms with Gasteiger partial charge in [0.2, 0.25) is 10.0 Å². The number of carbonyl (C=O) groups excluding carboxylic acids is 1. The lowest BCUT2D eigenvalue weighted by Crippen LogP contribution is -2.19. The lowest BCUT2D eigenvalue weighted by molar-refractivity contribution is 0.0997. The Morgan fingerprint density at radius 2 is 1.68 bits per heavy atom. The molecular formula is C23H21ClN4O6S3. The number of hydrogen-bond acceptors (Lipinski definition) is 7. The van der Waals surface area contributed by atoms with Crippen LogP contribution in [0.15, 0.2) is 81.5 Å². The zero-order chi connectivity index (χ0) is 26.8. The maximum absolute atomic E-state index is 12.9. The van der Waals surface area contributed by atoms with Gasteiger partial charge in [-0.25, -0.2) is 22.0 Å². The highest BCUT2D eigenvalue weighted by Crippen LogP contribution is 2.22. The summed E-state index contributed by atoms with van der Waals surface area (Å²) < 4.78 is 58.6. The molecule has 0 aliphatic heterocycles. The molecule has 3 aromatic carbocycles. The molecule has 0 aliphatic rings.